The molecule has 26 heavy (non-hydrogen) atoms. The van der Waals surface area contributed by atoms with Crippen LogP contribution in [0.5, 0.6) is 0 Å². The van der Waals surface area contributed by atoms with Gasteiger partial charge in [-0.15, -0.1) is 0 Å². The number of likely N-dealkylation sites (tertiary alicyclic amines) is 1. The summed E-state index contributed by atoms with van der Waals surface area (Å²) in [5.74, 6) is 0.369. The summed E-state index contributed by atoms with van der Waals surface area (Å²) in [5, 5.41) is 3.31. The maximum absolute atomic E-state index is 12.9. The zero-order chi connectivity index (χ0) is 18.2. The molecule has 5 heteroatoms. The number of aromatic nitrogens is 1. The van der Waals surface area contributed by atoms with E-state index in [0.717, 1.165) is 76.8 Å². The largest absolute Gasteiger partial charge is 0.381 e. The Hall–Kier alpha value is -1.46. The fourth-order valence-electron chi connectivity index (χ4n) is 4.18. The maximum Gasteiger partial charge on any atom is 0.223 e. The predicted octanol–water partition coefficient (Wildman–Crippen LogP) is 3.32. The number of amides is 1. The smallest absolute Gasteiger partial charge is 0.223 e. The van der Waals surface area contributed by atoms with Crippen molar-refractivity contribution in [1.29, 1.82) is 0 Å². The Kier molecular flexibility index (Phi) is 7.44. The lowest BCUT2D eigenvalue weighted by atomic mass is 9.92. The van der Waals surface area contributed by atoms with E-state index >= 15 is 0 Å². The molecule has 0 saturated carbocycles. The number of piperidine rings is 1. The quantitative estimate of drug-likeness (QED) is 0.811. The summed E-state index contributed by atoms with van der Waals surface area (Å²) in [7, 11) is 0. The van der Waals surface area contributed by atoms with Crippen molar-refractivity contribution < 1.29 is 9.53 Å². The lowest BCUT2D eigenvalue weighted by molar-refractivity contribution is -0.127. The molecule has 2 aliphatic rings. The lowest BCUT2D eigenvalue weighted by Gasteiger charge is -2.39. The first-order valence-electron chi connectivity index (χ1n) is 10.3. The molecule has 2 aliphatic heterocycles. The SMILES string of the molecule is CCCC[C@H](NC(=O)C1CCN(C2CCOCC2)CC1)c1cccnc1. The first-order valence-corrected chi connectivity index (χ1v) is 10.3. The summed E-state index contributed by atoms with van der Waals surface area (Å²) < 4.78 is 5.47. The summed E-state index contributed by atoms with van der Waals surface area (Å²) in [5.41, 5.74) is 1.12. The predicted molar refractivity (Wildman–Crippen MR) is 103 cm³/mol. The van der Waals surface area contributed by atoms with E-state index in [2.05, 4.69) is 28.2 Å². The van der Waals surface area contributed by atoms with Gasteiger partial charge in [0.05, 0.1) is 6.04 Å². The van der Waals surface area contributed by atoms with Crippen molar-refractivity contribution in [2.75, 3.05) is 26.3 Å². The molecule has 3 rings (SSSR count). The first-order chi connectivity index (χ1) is 12.8. The molecule has 3 heterocycles. The van der Waals surface area contributed by atoms with E-state index in [1.165, 1.54) is 0 Å². The number of rotatable bonds is 7. The molecule has 1 aromatic heterocycles. The fraction of sp³-hybridized carbons (Fsp3) is 0.714. The Bertz CT molecular complexity index is 537. The van der Waals surface area contributed by atoms with Crippen LogP contribution < -0.4 is 5.32 Å². The number of unbranched alkanes of at least 4 members (excludes halogenated alkanes) is 1. The Morgan fingerprint density at radius 3 is 2.73 bits per heavy atom. The maximum atomic E-state index is 12.9. The molecular formula is C21H33N3O2. The van der Waals surface area contributed by atoms with Gasteiger partial charge in [-0.05, 0) is 56.8 Å². The molecule has 144 valence electrons. The number of carbonyl (C=O) groups excluding carboxylic acids is 1. The minimum atomic E-state index is 0.0877. The molecule has 5 nitrogen and oxygen atoms in total. The average molecular weight is 360 g/mol. The van der Waals surface area contributed by atoms with E-state index in [1.807, 2.05) is 12.3 Å². The second-order valence-corrected chi connectivity index (χ2v) is 7.64. The summed E-state index contributed by atoms with van der Waals surface area (Å²) in [6.07, 6.45) is 11.1. The Morgan fingerprint density at radius 1 is 1.31 bits per heavy atom. The molecule has 1 aromatic rings. The summed E-state index contributed by atoms with van der Waals surface area (Å²) >= 11 is 0. The van der Waals surface area contributed by atoms with Crippen LogP contribution in [0.15, 0.2) is 24.5 Å². The average Bonchev–Trinajstić information content (AvgIpc) is 2.72. The van der Waals surface area contributed by atoms with Gasteiger partial charge in [-0.25, -0.2) is 0 Å². The van der Waals surface area contributed by atoms with Crippen molar-refractivity contribution in [3.8, 4) is 0 Å². The van der Waals surface area contributed by atoms with E-state index < -0.39 is 0 Å². The van der Waals surface area contributed by atoms with Crippen LogP contribution in [-0.4, -0.2) is 48.1 Å². The Balaban J connectivity index is 1.51. The van der Waals surface area contributed by atoms with Crippen molar-refractivity contribution in [3.05, 3.63) is 30.1 Å². The van der Waals surface area contributed by atoms with Crippen molar-refractivity contribution in [3.63, 3.8) is 0 Å². The Labute approximate surface area is 157 Å². The van der Waals surface area contributed by atoms with Gasteiger partial charge in [0.25, 0.3) is 0 Å². The van der Waals surface area contributed by atoms with Gasteiger partial charge in [0, 0.05) is 37.6 Å². The normalized spacial score (nSPS) is 21.4. The zero-order valence-electron chi connectivity index (χ0n) is 16.0. The Morgan fingerprint density at radius 2 is 2.08 bits per heavy atom. The third kappa shape index (κ3) is 5.27. The van der Waals surface area contributed by atoms with E-state index in [0.29, 0.717) is 6.04 Å². The number of hydrogen-bond acceptors (Lipinski definition) is 4. The fourth-order valence-corrected chi connectivity index (χ4v) is 4.18. The lowest BCUT2D eigenvalue weighted by Crippen LogP contribution is -2.47. The summed E-state index contributed by atoms with van der Waals surface area (Å²) in [6.45, 7) is 6.03. The summed E-state index contributed by atoms with van der Waals surface area (Å²) in [6, 6.07) is 4.76. The molecule has 0 unspecified atom stereocenters. The highest BCUT2D eigenvalue weighted by molar-refractivity contribution is 5.79. The molecule has 0 aromatic carbocycles. The van der Waals surface area contributed by atoms with E-state index in [1.54, 1.807) is 6.20 Å². The van der Waals surface area contributed by atoms with Crippen LogP contribution in [0.25, 0.3) is 0 Å². The van der Waals surface area contributed by atoms with Crippen LogP contribution in [0.2, 0.25) is 0 Å². The minimum absolute atomic E-state index is 0.0877. The van der Waals surface area contributed by atoms with Gasteiger partial charge in [-0.2, -0.15) is 0 Å². The van der Waals surface area contributed by atoms with Crippen LogP contribution in [-0.2, 0) is 9.53 Å². The van der Waals surface area contributed by atoms with Crippen molar-refractivity contribution in [1.82, 2.24) is 15.2 Å². The molecule has 2 saturated heterocycles. The molecule has 1 amide bonds. The third-order valence-electron chi connectivity index (χ3n) is 5.86. The number of carbonyl (C=O) groups is 1. The van der Waals surface area contributed by atoms with Crippen LogP contribution in [0.3, 0.4) is 0 Å². The number of nitrogens with one attached hydrogen (secondary N) is 1. The molecule has 2 fully saturated rings. The summed E-state index contributed by atoms with van der Waals surface area (Å²) in [4.78, 5) is 19.7. The first kappa shape index (κ1) is 19.3. The van der Waals surface area contributed by atoms with Crippen LogP contribution >= 0.6 is 0 Å². The number of hydrogen-bond donors (Lipinski definition) is 1. The van der Waals surface area contributed by atoms with E-state index in [-0.39, 0.29) is 17.9 Å². The van der Waals surface area contributed by atoms with E-state index in [4.69, 9.17) is 4.74 Å². The standard InChI is InChI=1S/C21H33N3O2/c1-2-3-6-20(18-5-4-11-22-16-18)23-21(25)17-7-12-24(13-8-17)19-9-14-26-15-10-19/h4-5,11,16-17,19-20H,2-3,6-10,12-15H2,1H3,(H,23,25)/t20-/m0/s1. The van der Waals surface area contributed by atoms with E-state index in [9.17, 15) is 4.79 Å². The van der Waals surface area contributed by atoms with Gasteiger partial charge < -0.3 is 15.0 Å². The number of nitrogens with zero attached hydrogens (tertiary/aromatic N) is 2. The monoisotopic (exact) mass is 359 g/mol. The molecule has 1 atom stereocenters. The second kappa shape index (κ2) is 10.0. The minimum Gasteiger partial charge on any atom is -0.381 e. The van der Waals surface area contributed by atoms with Gasteiger partial charge >= 0.3 is 0 Å². The molecule has 0 spiro atoms. The van der Waals surface area contributed by atoms with Crippen molar-refractivity contribution in [2.24, 2.45) is 5.92 Å². The highest BCUT2D eigenvalue weighted by atomic mass is 16.5. The molecular weight excluding hydrogens is 326 g/mol. The van der Waals surface area contributed by atoms with Gasteiger partial charge in [0.1, 0.15) is 0 Å². The zero-order valence-corrected chi connectivity index (χ0v) is 16.0. The van der Waals surface area contributed by atoms with Crippen LogP contribution in [0.1, 0.15) is 63.5 Å². The molecule has 1 N–H and O–H groups in total. The van der Waals surface area contributed by atoms with Gasteiger partial charge in [-0.3, -0.25) is 9.78 Å². The van der Waals surface area contributed by atoms with Crippen molar-refractivity contribution in [2.45, 2.75) is 64.0 Å². The number of pyridine rings is 1. The van der Waals surface area contributed by atoms with Crippen LogP contribution in [0.4, 0.5) is 0 Å². The molecule has 0 radical (unpaired) electrons. The number of ether oxygens (including phenoxy) is 1. The van der Waals surface area contributed by atoms with Crippen LogP contribution in [0, 0.1) is 5.92 Å². The van der Waals surface area contributed by atoms with Gasteiger partial charge in [0.15, 0.2) is 0 Å². The topological polar surface area (TPSA) is 54.5 Å². The highest BCUT2D eigenvalue weighted by Crippen LogP contribution is 2.25. The third-order valence-corrected chi connectivity index (χ3v) is 5.86. The van der Waals surface area contributed by atoms with Gasteiger partial charge in [-0.1, -0.05) is 25.8 Å². The second-order valence-electron chi connectivity index (χ2n) is 7.64. The molecule has 0 bridgehead atoms. The van der Waals surface area contributed by atoms with Crippen molar-refractivity contribution >= 4 is 5.91 Å². The molecule has 0 aliphatic carbocycles. The highest BCUT2D eigenvalue weighted by Gasteiger charge is 2.30. The van der Waals surface area contributed by atoms with Gasteiger partial charge in [0.2, 0.25) is 5.91 Å².